The number of anilines is 1. The molecule has 2 aromatic rings. The molecule has 0 spiro atoms. The molecule has 0 saturated heterocycles. The molecule has 0 aliphatic heterocycles. The summed E-state index contributed by atoms with van der Waals surface area (Å²) in [6.07, 6.45) is -3.64. The molecule has 0 radical (unpaired) electrons. The van der Waals surface area contributed by atoms with Gasteiger partial charge in [-0.05, 0) is 30.3 Å². The van der Waals surface area contributed by atoms with E-state index in [0.29, 0.717) is 21.3 Å². The second-order valence-electron chi connectivity index (χ2n) is 4.41. The van der Waals surface area contributed by atoms with E-state index in [-0.39, 0.29) is 0 Å². The number of hydrogen-bond acceptors (Lipinski definition) is 2. The lowest BCUT2D eigenvalue weighted by Crippen LogP contribution is -2.31. The number of aromatic nitrogens is 1. The van der Waals surface area contributed by atoms with E-state index in [0.717, 1.165) is 12.3 Å². The molecule has 0 fully saturated rings. The van der Waals surface area contributed by atoms with Crippen molar-refractivity contribution in [2.24, 2.45) is 0 Å². The molecule has 0 saturated carbocycles. The minimum atomic E-state index is -4.76. The monoisotopic (exact) mass is 330 g/mol. The molecule has 1 aromatic heterocycles. The topological polar surface area (TPSA) is 51.1 Å². The summed E-state index contributed by atoms with van der Waals surface area (Å²) in [5.74, 6) is -0.635. The first-order valence-corrected chi connectivity index (χ1v) is 6.47. The Morgan fingerprint density at radius 2 is 1.95 bits per heavy atom. The molecule has 4 nitrogen and oxygen atoms in total. The Morgan fingerprint density at radius 1 is 1.23 bits per heavy atom. The van der Waals surface area contributed by atoms with Crippen LogP contribution in [-0.2, 0) is 17.5 Å². The van der Waals surface area contributed by atoms with Gasteiger partial charge in [0.2, 0.25) is 5.91 Å². The zero-order valence-corrected chi connectivity index (χ0v) is 11.8. The number of rotatable bonds is 3. The van der Waals surface area contributed by atoms with Gasteiger partial charge >= 0.3 is 6.18 Å². The highest BCUT2D eigenvalue weighted by molar-refractivity contribution is 6.30. The molecule has 2 rings (SSSR count). The summed E-state index contributed by atoms with van der Waals surface area (Å²) in [7, 11) is 0. The number of pyridine rings is 1. The third-order valence-electron chi connectivity index (χ3n) is 2.75. The first kappa shape index (κ1) is 16.1. The summed E-state index contributed by atoms with van der Waals surface area (Å²) in [6, 6.07) is 8.00. The second kappa shape index (κ2) is 6.23. The Balaban J connectivity index is 2.17. The average molecular weight is 331 g/mol. The predicted octanol–water partition coefficient (Wildman–Crippen LogP) is 3.16. The summed E-state index contributed by atoms with van der Waals surface area (Å²) >= 11 is 5.75. The van der Waals surface area contributed by atoms with Gasteiger partial charge in [0, 0.05) is 16.9 Å². The minimum Gasteiger partial charge on any atom is -0.324 e. The smallest absolute Gasteiger partial charge is 0.324 e. The third kappa shape index (κ3) is 3.88. The van der Waals surface area contributed by atoms with Gasteiger partial charge in [-0.15, -0.1) is 0 Å². The lowest BCUT2D eigenvalue weighted by molar-refractivity contribution is -0.139. The highest BCUT2D eigenvalue weighted by Crippen LogP contribution is 2.25. The number of amides is 1. The maximum Gasteiger partial charge on any atom is 0.421 e. The molecular weight excluding hydrogens is 321 g/mol. The Bertz CT molecular complexity index is 756. The molecule has 0 aliphatic rings. The van der Waals surface area contributed by atoms with E-state index in [1.807, 2.05) is 0 Å². The molecule has 0 bridgehead atoms. The largest absolute Gasteiger partial charge is 0.421 e. The maximum absolute atomic E-state index is 12.6. The van der Waals surface area contributed by atoms with Crippen molar-refractivity contribution in [2.75, 3.05) is 5.32 Å². The fourth-order valence-electron chi connectivity index (χ4n) is 1.80. The summed E-state index contributed by atoms with van der Waals surface area (Å²) in [5, 5.41) is 2.85. The van der Waals surface area contributed by atoms with Crippen molar-refractivity contribution in [2.45, 2.75) is 12.7 Å². The highest BCUT2D eigenvalue weighted by Gasteiger charge is 2.34. The average Bonchev–Trinajstić information content (AvgIpc) is 2.39. The number of carbonyl (C=O) groups is 1. The zero-order valence-electron chi connectivity index (χ0n) is 11.0. The van der Waals surface area contributed by atoms with Crippen LogP contribution in [0.1, 0.15) is 5.56 Å². The quantitative estimate of drug-likeness (QED) is 0.940. The van der Waals surface area contributed by atoms with Crippen molar-refractivity contribution in [3.05, 3.63) is 63.5 Å². The molecule has 1 aromatic carbocycles. The predicted molar refractivity (Wildman–Crippen MR) is 75.8 cm³/mol. The fourth-order valence-corrected chi connectivity index (χ4v) is 1.99. The SMILES string of the molecule is O=C(Cn1cccc(C(F)(F)F)c1=O)Nc1cccc(Cl)c1. The molecule has 1 N–H and O–H groups in total. The van der Waals surface area contributed by atoms with Gasteiger partial charge in [0.1, 0.15) is 12.1 Å². The Morgan fingerprint density at radius 3 is 2.59 bits per heavy atom. The van der Waals surface area contributed by atoms with Gasteiger partial charge in [0.15, 0.2) is 0 Å². The van der Waals surface area contributed by atoms with Gasteiger partial charge in [0.05, 0.1) is 0 Å². The Labute approximate surface area is 128 Å². The van der Waals surface area contributed by atoms with Crippen LogP contribution in [0.2, 0.25) is 5.02 Å². The first-order chi connectivity index (χ1) is 10.3. The molecule has 0 atom stereocenters. The number of carbonyl (C=O) groups excluding carboxylic acids is 1. The van der Waals surface area contributed by atoms with E-state index in [1.165, 1.54) is 6.07 Å². The van der Waals surface area contributed by atoms with Crippen LogP contribution in [0.4, 0.5) is 18.9 Å². The lowest BCUT2D eigenvalue weighted by atomic mass is 10.2. The van der Waals surface area contributed by atoms with Crippen LogP contribution >= 0.6 is 11.6 Å². The molecular formula is C14H10ClF3N2O2. The lowest BCUT2D eigenvalue weighted by Gasteiger charge is -2.10. The number of halogens is 4. The van der Waals surface area contributed by atoms with Crippen LogP contribution in [0.3, 0.4) is 0 Å². The number of nitrogens with zero attached hydrogens (tertiary/aromatic N) is 1. The number of nitrogens with one attached hydrogen (secondary N) is 1. The van der Waals surface area contributed by atoms with Gasteiger partial charge in [0.25, 0.3) is 5.56 Å². The second-order valence-corrected chi connectivity index (χ2v) is 4.85. The molecule has 0 aliphatic carbocycles. The van der Waals surface area contributed by atoms with Crippen LogP contribution in [-0.4, -0.2) is 10.5 Å². The maximum atomic E-state index is 12.6. The normalized spacial score (nSPS) is 11.3. The summed E-state index contributed by atoms with van der Waals surface area (Å²) in [4.78, 5) is 23.5. The fraction of sp³-hybridized carbons (Fsp3) is 0.143. The van der Waals surface area contributed by atoms with Crippen molar-refractivity contribution in [1.82, 2.24) is 4.57 Å². The Hall–Kier alpha value is -2.28. The summed E-state index contributed by atoms with van der Waals surface area (Å²) in [6.45, 7) is -0.532. The molecule has 1 heterocycles. The van der Waals surface area contributed by atoms with Crippen LogP contribution in [0, 0.1) is 0 Å². The molecule has 1 amide bonds. The zero-order chi connectivity index (χ0) is 16.3. The number of alkyl halides is 3. The molecule has 116 valence electrons. The van der Waals surface area contributed by atoms with E-state index >= 15 is 0 Å². The van der Waals surface area contributed by atoms with E-state index in [9.17, 15) is 22.8 Å². The van der Waals surface area contributed by atoms with Crippen molar-refractivity contribution in [3.63, 3.8) is 0 Å². The van der Waals surface area contributed by atoms with E-state index in [2.05, 4.69) is 5.32 Å². The van der Waals surface area contributed by atoms with Gasteiger partial charge in [-0.3, -0.25) is 9.59 Å². The van der Waals surface area contributed by atoms with Gasteiger partial charge < -0.3 is 9.88 Å². The van der Waals surface area contributed by atoms with E-state index in [1.54, 1.807) is 18.2 Å². The van der Waals surface area contributed by atoms with Gasteiger partial charge in [-0.1, -0.05) is 17.7 Å². The summed E-state index contributed by atoms with van der Waals surface area (Å²) in [5.41, 5.74) is -2.20. The Kier molecular flexibility index (Phi) is 4.56. The van der Waals surface area contributed by atoms with Crippen molar-refractivity contribution >= 4 is 23.2 Å². The van der Waals surface area contributed by atoms with Crippen molar-refractivity contribution in [3.8, 4) is 0 Å². The molecule has 0 unspecified atom stereocenters. The van der Waals surface area contributed by atoms with Gasteiger partial charge in [-0.2, -0.15) is 13.2 Å². The minimum absolute atomic E-state index is 0.387. The first-order valence-electron chi connectivity index (χ1n) is 6.09. The van der Waals surface area contributed by atoms with Crippen LogP contribution in [0.25, 0.3) is 0 Å². The van der Waals surface area contributed by atoms with Crippen molar-refractivity contribution in [1.29, 1.82) is 0 Å². The van der Waals surface area contributed by atoms with Crippen molar-refractivity contribution < 1.29 is 18.0 Å². The van der Waals surface area contributed by atoms with Crippen LogP contribution in [0.5, 0.6) is 0 Å². The highest BCUT2D eigenvalue weighted by atomic mass is 35.5. The van der Waals surface area contributed by atoms with Crippen LogP contribution in [0.15, 0.2) is 47.4 Å². The van der Waals surface area contributed by atoms with E-state index < -0.39 is 29.8 Å². The van der Waals surface area contributed by atoms with Gasteiger partial charge in [-0.25, -0.2) is 0 Å². The van der Waals surface area contributed by atoms with E-state index in [4.69, 9.17) is 11.6 Å². The standard InChI is InChI=1S/C14H10ClF3N2O2/c15-9-3-1-4-10(7-9)19-12(21)8-20-6-2-5-11(13(20)22)14(16,17)18/h1-7H,8H2,(H,19,21). The third-order valence-corrected chi connectivity index (χ3v) is 2.98. The molecule has 8 heteroatoms. The number of hydrogen-bond donors (Lipinski definition) is 1. The molecule has 22 heavy (non-hydrogen) atoms. The van der Waals surface area contributed by atoms with Crippen LogP contribution < -0.4 is 10.9 Å². The summed E-state index contributed by atoms with van der Waals surface area (Å²) < 4.78 is 38.6. The number of benzene rings is 1.